The van der Waals surface area contributed by atoms with Gasteiger partial charge in [-0.25, -0.2) is 0 Å². The molecule has 18 heavy (non-hydrogen) atoms. The number of methoxy groups -OCH3 is 1. The van der Waals surface area contributed by atoms with Crippen LogP contribution >= 0.6 is 15.9 Å². The van der Waals surface area contributed by atoms with Crippen molar-refractivity contribution in [3.8, 4) is 5.75 Å². The summed E-state index contributed by atoms with van der Waals surface area (Å²) in [5.41, 5.74) is 0.881. The third-order valence-corrected chi connectivity index (χ3v) is 3.52. The van der Waals surface area contributed by atoms with E-state index in [2.05, 4.69) is 21.2 Å². The van der Waals surface area contributed by atoms with Crippen LogP contribution in [-0.2, 0) is 4.79 Å². The van der Waals surface area contributed by atoms with Crippen LogP contribution in [0.2, 0.25) is 0 Å². The zero-order valence-electron chi connectivity index (χ0n) is 10.6. The van der Waals surface area contributed by atoms with E-state index in [-0.39, 0.29) is 11.9 Å². The van der Waals surface area contributed by atoms with Gasteiger partial charge in [0.15, 0.2) is 0 Å². The number of ether oxygens (including phenoxy) is 1. The maximum atomic E-state index is 12.2. The highest BCUT2D eigenvalue weighted by atomic mass is 79.9. The van der Waals surface area contributed by atoms with Gasteiger partial charge in [-0.15, -0.1) is 0 Å². The number of rotatable bonds is 4. The Morgan fingerprint density at radius 3 is 2.94 bits per heavy atom. The molecule has 1 atom stereocenters. The van der Waals surface area contributed by atoms with Crippen molar-refractivity contribution in [3.63, 3.8) is 0 Å². The van der Waals surface area contributed by atoms with E-state index in [9.17, 15) is 4.79 Å². The molecule has 1 unspecified atom stereocenters. The number of nitrogens with one attached hydrogen (secondary N) is 1. The first-order valence-corrected chi connectivity index (χ1v) is 6.84. The summed E-state index contributed by atoms with van der Waals surface area (Å²) in [7, 11) is 1.62. The van der Waals surface area contributed by atoms with Crippen LogP contribution in [0, 0.1) is 0 Å². The Labute approximate surface area is 115 Å². The second-order valence-corrected chi connectivity index (χ2v) is 5.15. The van der Waals surface area contributed by atoms with Gasteiger partial charge < -0.3 is 15.0 Å². The van der Waals surface area contributed by atoms with Gasteiger partial charge in [0.25, 0.3) is 0 Å². The Morgan fingerprint density at radius 1 is 1.50 bits per heavy atom. The molecule has 1 aliphatic heterocycles. The Kier molecular flexibility index (Phi) is 4.24. The average Bonchev–Trinajstić information content (AvgIpc) is 2.71. The molecule has 2 rings (SSSR count). The molecule has 1 heterocycles. The number of hydrogen-bond acceptors (Lipinski definition) is 3. The number of amides is 1. The Morgan fingerprint density at radius 2 is 2.28 bits per heavy atom. The fourth-order valence-corrected chi connectivity index (χ4v) is 2.65. The Bertz CT molecular complexity index is 451. The molecule has 98 valence electrons. The summed E-state index contributed by atoms with van der Waals surface area (Å²) in [6, 6.07) is 5.65. The number of carbonyl (C=O) groups excluding carboxylic acids is 1. The van der Waals surface area contributed by atoms with Crippen LogP contribution in [0.4, 0.5) is 5.69 Å². The van der Waals surface area contributed by atoms with E-state index < -0.39 is 0 Å². The molecule has 1 N–H and O–H groups in total. The summed E-state index contributed by atoms with van der Waals surface area (Å²) >= 11 is 3.43. The highest BCUT2D eigenvalue weighted by Crippen LogP contribution is 2.29. The SMILES string of the molecule is CCNC1CCN(c2cc(Br)cc(OC)c2)C1=O. The fraction of sp³-hybridized carbons (Fsp3) is 0.462. The minimum absolute atomic E-state index is 0.0556. The van der Waals surface area contributed by atoms with E-state index in [4.69, 9.17) is 4.74 Å². The molecule has 5 heteroatoms. The number of carbonyl (C=O) groups is 1. The minimum atomic E-state index is -0.0556. The van der Waals surface area contributed by atoms with Crippen molar-refractivity contribution in [3.05, 3.63) is 22.7 Å². The van der Waals surface area contributed by atoms with E-state index in [1.165, 1.54) is 0 Å². The average molecular weight is 313 g/mol. The van der Waals surface area contributed by atoms with Gasteiger partial charge in [0.1, 0.15) is 5.75 Å². The zero-order valence-corrected chi connectivity index (χ0v) is 12.2. The second-order valence-electron chi connectivity index (χ2n) is 4.24. The fourth-order valence-electron chi connectivity index (χ4n) is 2.19. The molecule has 0 radical (unpaired) electrons. The largest absolute Gasteiger partial charge is 0.497 e. The van der Waals surface area contributed by atoms with Gasteiger partial charge in [-0.1, -0.05) is 22.9 Å². The lowest BCUT2D eigenvalue weighted by Gasteiger charge is -2.18. The lowest BCUT2D eigenvalue weighted by Crippen LogP contribution is -2.38. The van der Waals surface area contributed by atoms with Crippen molar-refractivity contribution in [2.45, 2.75) is 19.4 Å². The molecular formula is C13H17BrN2O2. The van der Waals surface area contributed by atoms with Gasteiger partial charge >= 0.3 is 0 Å². The van der Waals surface area contributed by atoms with Crippen molar-refractivity contribution >= 4 is 27.5 Å². The summed E-state index contributed by atoms with van der Waals surface area (Å²) in [6.45, 7) is 3.57. The third-order valence-electron chi connectivity index (χ3n) is 3.06. The van der Waals surface area contributed by atoms with Gasteiger partial charge in [0.2, 0.25) is 5.91 Å². The number of hydrogen-bond donors (Lipinski definition) is 1. The lowest BCUT2D eigenvalue weighted by molar-refractivity contribution is -0.118. The molecule has 0 saturated carbocycles. The van der Waals surface area contributed by atoms with Crippen LogP contribution in [0.5, 0.6) is 5.75 Å². The molecule has 0 aliphatic carbocycles. The minimum Gasteiger partial charge on any atom is -0.497 e. The van der Waals surface area contributed by atoms with Crippen molar-refractivity contribution in [2.24, 2.45) is 0 Å². The van der Waals surface area contributed by atoms with E-state index >= 15 is 0 Å². The normalized spacial score (nSPS) is 19.4. The van der Waals surface area contributed by atoms with Gasteiger partial charge in [0.05, 0.1) is 13.2 Å². The highest BCUT2D eigenvalue weighted by Gasteiger charge is 2.31. The first kappa shape index (κ1) is 13.4. The van der Waals surface area contributed by atoms with Crippen LogP contribution in [0.25, 0.3) is 0 Å². The third kappa shape index (κ3) is 2.67. The van der Waals surface area contributed by atoms with Gasteiger partial charge in [-0.2, -0.15) is 0 Å². The van der Waals surface area contributed by atoms with Crippen LogP contribution in [0.1, 0.15) is 13.3 Å². The van der Waals surface area contributed by atoms with Gasteiger partial charge in [-0.3, -0.25) is 4.79 Å². The zero-order chi connectivity index (χ0) is 13.1. The second kappa shape index (κ2) is 5.71. The molecule has 4 nitrogen and oxygen atoms in total. The van der Waals surface area contributed by atoms with Crippen molar-refractivity contribution in [1.82, 2.24) is 5.32 Å². The molecule has 1 aromatic carbocycles. The summed E-state index contributed by atoms with van der Waals surface area (Å²) < 4.78 is 6.13. The first-order chi connectivity index (χ1) is 8.65. The predicted octanol–water partition coefficient (Wildman–Crippen LogP) is 2.17. The summed E-state index contributed by atoms with van der Waals surface area (Å²) in [5, 5.41) is 3.20. The molecule has 1 amide bonds. The van der Waals surface area contributed by atoms with Crippen molar-refractivity contribution in [2.75, 3.05) is 25.1 Å². The van der Waals surface area contributed by atoms with Crippen LogP contribution in [0.15, 0.2) is 22.7 Å². The summed E-state index contributed by atoms with van der Waals surface area (Å²) in [5.74, 6) is 0.885. The standard InChI is InChI=1S/C13H17BrN2O2/c1-3-15-12-4-5-16(13(12)17)10-6-9(14)7-11(8-10)18-2/h6-8,12,15H,3-5H2,1-2H3. The van der Waals surface area contributed by atoms with E-state index in [1.807, 2.05) is 25.1 Å². The van der Waals surface area contributed by atoms with E-state index in [0.29, 0.717) is 0 Å². The van der Waals surface area contributed by atoms with Crippen LogP contribution < -0.4 is 15.0 Å². The monoisotopic (exact) mass is 312 g/mol. The predicted molar refractivity (Wildman–Crippen MR) is 75.1 cm³/mol. The number of anilines is 1. The molecule has 0 bridgehead atoms. The molecule has 1 fully saturated rings. The number of halogens is 1. The highest BCUT2D eigenvalue weighted by molar-refractivity contribution is 9.10. The van der Waals surface area contributed by atoms with Crippen molar-refractivity contribution < 1.29 is 9.53 Å². The number of nitrogens with zero attached hydrogens (tertiary/aromatic N) is 1. The topological polar surface area (TPSA) is 41.6 Å². The molecule has 1 aromatic rings. The quantitative estimate of drug-likeness (QED) is 0.926. The van der Waals surface area contributed by atoms with E-state index in [0.717, 1.165) is 35.4 Å². The number of benzene rings is 1. The molecular weight excluding hydrogens is 296 g/mol. The maximum Gasteiger partial charge on any atom is 0.244 e. The molecule has 1 saturated heterocycles. The Balaban J connectivity index is 2.22. The summed E-state index contributed by atoms with van der Waals surface area (Å²) in [4.78, 5) is 14.0. The first-order valence-electron chi connectivity index (χ1n) is 6.05. The van der Waals surface area contributed by atoms with Crippen LogP contribution in [0.3, 0.4) is 0 Å². The van der Waals surface area contributed by atoms with Gasteiger partial charge in [-0.05, 0) is 25.1 Å². The lowest BCUT2D eigenvalue weighted by atomic mass is 10.2. The summed E-state index contributed by atoms with van der Waals surface area (Å²) in [6.07, 6.45) is 0.849. The molecule has 1 aliphatic rings. The number of likely N-dealkylation sites (N-methyl/N-ethyl adjacent to an activating group) is 1. The smallest absolute Gasteiger partial charge is 0.244 e. The van der Waals surface area contributed by atoms with E-state index in [1.54, 1.807) is 12.0 Å². The molecule has 0 spiro atoms. The van der Waals surface area contributed by atoms with Gasteiger partial charge in [0, 0.05) is 22.8 Å². The maximum absolute atomic E-state index is 12.2. The van der Waals surface area contributed by atoms with Crippen molar-refractivity contribution in [1.29, 1.82) is 0 Å². The Hall–Kier alpha value is -1.07. The molecule has 0 aromatic heterocycles. The van der Waals surface area contributed by atoms with Crippen LogP contribution in [-0.4, -0.2) is 32.1 Å².